The first-order valence-corrected chi connectivity index (χ1v) is 12.2. The molecular weight excluding hydrogens is 484 g/mol. The van der Waals surface area contributed by atoms with E-state index in [-0.39, 0.29) is 17.9 Å². The van der Waals surface area contributed by atoms with E-state index < -0.39 is 39.4 Å². The van der Waals surface area contributed by atoms with Crippen LogP contribution >= 0.6 is 11.6 Å². The van der Waals surface area contributed by atoms with Gasteiger partial charge in [-0.1, -0.05) is 35.9 Å². The highest BCUT2D eigenvalue weighted by molar-refractivity contribution is 7.89. The second kappa shape index (κ2) is 9.71. The summed E-state index contributed by atoms with van der Waals surface area (Å²) in [4.78, 5) is 39.2. The number of halogens is 1. The highest BCUT2D eigenvalue weighted by Crippen LogP contribution is 2.26. The van der Waals surface area contributed by atoms with Crippen molar-refractivity contribution in [2.75, 3.05) is 13.6 Å². The second-order valence-corrected chi connectivity index (χ2v) is 10.5. The van der Waals surface area contributed by atoms with Crippen LogP contribution in [0.3, 0.4) is 0 Å². The zero-order chi connectivity index (χ0) is 25.3. The van der Waals surface area contributed by atoms with Crippen LogP contribution in [0.15, 0.2) is 53.4 Å². The lowest BCUT2D eigenvalue weighted by Gasteiger charge is -2.22. The van der Waals surface area contributed by atoms with Crippen LogP contribution < -0.4 is 10.2 Å². The molecule has 34 heavy (non-hydrogen) atoms. The van der Waals surface area contributed by atoms with E-state index in [9.17, 15) is 22.8 Å². The van der Waals surface area contributed by atoms with E-state index in [1.54, 1.807) is 50.2 Å². The number of urea groups is 1. The maximum absolute atomic E-state index is 12.9. The van der Waals surface area contributed by atoms with Gasteiger partial charge < -0.3 is 4.90 Å². The predicted octanol–water partition coefficient (Wildman–Crippen LogP) is 2.22. The van der Waals surface area contributed by atoms with Crippen molar-refractivity contribution in [3.63, 3.8) is 0 Å². The number of benzene rings is 2. The third kappa shape index (κ3) is 5.07. The van der Waals surface area contributed by atoms with Crippen LogP contribution in [-0.4, -0.2) is 66.4 Å². The molecule has 1 saturated heterocycles. The van der Waals surface area contributed by atoms with E-state index in [0.717, 1.165) is 16.0 Å². The molecule has 0 bridgehead atoms. The molecule has 1 aliphatic heterocycles. The molecule has 1 unspecified atom stereocenters. The Bertz CT molecular complexity index is 1200. The summed E-state index contributed by atoms with van der Waals surface area (Å²) in [5, 5.41) is 9.65. The summed E-state index contributed by atoms with van der Waals surface area (Å²) in [6.45, 7) is 2.95. The molecule has 0 saturated carbocycles. The van der Waals surface area contributed by atoms with Gasteiger partial charge in [0.2, 0.25) is 10.0 Å². The molecule has 3 rings (SSSR count). The molecule has 0 spiro atoms. The first kappa shape index (κ1) is 25.6. The fraction of sp³-hybridized carbons (Fsp3) is 0.318. The van der Waals surface area contributed by atoms with Crippen LogP contribution in [0.5, 0.6) is 0 Å². The average Bonchev–Trinajstić information content (AvgIpc) is 2.96. The first-order chi connectivity index (χ1) is 15.9. The second-order valence-electron chi connectivity index (χ2n) is 8.33. The predicted molar refractivity (Wildman–Crippen MR) is 124 cm³/mol. The summed E-state index contributed by atoms with van der Waals surface area (Å²) in [6.07, 6.45) is -0.240. The number of sulfonamides is 1. The molecular formula is C22H25ClN4O6S. The lowest BCUT2D eigenvalue weighted by atomic mass is 10.0. The number of nitrogens with one attached hydrogen (secondary N) is 2. The Morgan fingerprint density at radius 1 is 1.06 bits per heavy atom. The first-order valence-electron chi connectivity index (χ1n) is 10.3. The minimum atomic E-state index is -4.17. The Labute approximate surface area is 202 Å². The van der Waals surface area contributed by atoms with Crippen molar-refractivity contribution in [3.8, 4) is 11.1 Å². The Kier molecular flexibility index (Phi) is 7.32. The van der Waals surface area contributed by atoms with Gasteiger partial charge in [0, 0.05) is 18.6 Å². The summed E-state index contributed by atoms with van der Waals surface area (Å²) in [7, 11) is -2.69. The number of hydrogen-bond acceptors (Lipinski definition) is 6. The summed E-state index contributed by atoms with van der Waals surface area (Å²) in [6, 6.07) is 11.0. The molecule has 1 heterocycles. The molecule has 10 nitrogen and oxygen atoms in total. The minimum absolute atomic E-state index is 0.102. The van der Waals surface area contributed by atoms with Gasteiger partial charge in [0.15, 0.2) is 0 Å². The number of hydroxylamine groups is 1. The fourth-order valence-electron chi connectivity index (χ4n) is 3.48. The number of amides is 4. The Morgan fingerprint density at radius 3 is 2.06 bits per heavy atom. The maximum atomic E-state index is 12.9. The number of carbonyl (C=O) groups excluding carboxylic acids is 3. The molecule has 0 radical (unpaired) electrons. The minimum Gasteiger partial charge on any atom is -0.313 e. The van der Waals surface area contributed by atoms with E-state index in [0.29, 0.717) is 5.02 Å². The quantitative estimate of drug-likeness (QED) is 0.284. The van der Waals surface area contributed by atoms with Crippen molar-refractivity contribution in [1.82, 2.24) is 20.0 Å². The number of rotatable bonds is 8. The summed E-state index contributed by atoms with van der Waals surface area (Å²) in [5.41, 5.74) is 1.96. The van der Waals surface area contributed by atoms with Crippen molar-refractivity contribution in [2.45, 2.75) is 36.7 Å². The SMILES string of the molecule is CN1C(=O)N(CCC(NS(=O)(=O)c2ccc(-c3ccc(Cl)cc3)cc2)C(=O)NO)C(=O)C1(C)C. The van der Waals surface area contributed by atoms with Gasteiger partial charge in [0.1, 0.15) is 11.6 Å². The maximum Gasteiger partial charge on any atom is 0.327 e. The van der Waals surface area contributed by atoms with Gasteiger partial charge in [-0.15, -0.1) is 0 Å². The topological polar surface area (TPSA) is 136 Å². The van der Waals surface area contributed by atoms with Crippen LogP contribution in [0, 0.1) is 0 Å². The van der Waals surface area contributed by atoms with Gasteiger partial charge in [0.25, 0.3) is 11.8 Å². The summed E-state index contributed by atoms with van der Waals surface area (Å²) in [5.74, 6) is -1.49. The molecule has 4 amide bonds. The molecule has 0 aromatic heterocycles. The lowest BCUT2D eigenvalue weighted by Crippen LogP contribution is -2.48. The molecule has 2 aromatic carbocycles. The van der Waals surface area contributed by atoms with E-state index in [2.05, 4.69) is 4.72 Å². The van der Waals surface area contributed by atoms with Crippen LogP contribution in [0.1, 0.15) is 20.3 Å². The third-order valence-electron chi connectivity index (χ3n) is 5.83. The van der Waals surface area contributed by atoms with Gasteiger partial charge in [-0.25, -0.2) is 18.7 Å². The van der Waals surface area contributed by atoms with Crippen molar-refractivity contribution in [3.05, 3.63) is 53.6 Å². The number of nitrogens with zero attached hydrogens (tertiary/aromatic N) is 2. The fourth-order valence-corrected chi connectivity index (χ4v) is 4.84. The Morgan fingerprint density at radius 2 is 1.59 bits per heavy atom. The smallest absolute Gasteiger partial charge is 0.313 e. The van der Waals surface area contributed by atoms with Gasteiger partial charge in [-0.05, 0) is 55.7 Å². The van der Waals surface area contributed by atoms with Gasteiger partial charge in [-0.2, -0.15) is 4.72 Å². The Hall–Kier alpha value is -2.99. The van der Waals surface area contributed by atoms with Crippen molar-refractivity contribution >= 4 is 39.5 Å². The van der Waals surface area contributed by atoms with Gasteiger partial charge in [-0.3, -0.25) is 19.7 Å². The van der Waals surface area contributed by atoms with E-state index in [1.807, 2.05) is 0 Å². The average molecular weight is 509 g/mol. The van der Waals surface area contributed by atoms with E-state index >= 15 is 0 Å². The number of carbonyl (C=O) groups is 3. The molecule has 12 heteroatoms. The highest BCUT2D eigenvalue weighted by atomic mass is 35.5. The lowest BCUT2D eigenvalue weighted by molar-refractivity contribution is -0.133. The monoisotopic (exact) mass is 508 g/mol. The summed E-state index contributed by atoms with van der Waals surface area (Å²) < 4.78 is 28.0. The third-order valence-corrected chi connectivity index (χ3v) is 7.57. The molecule has 1 fully saturated rings. The Balaban J connectivity index is 1.75. The number of hydrogen-bond donors (Lipinski definition) is 3. The molecule has 1 atom stereocenters. The molecule has 0 aliphatic carbocycles. The molecule has 2 aromatic rings. The number of likely N-dealkylation sites (N-methyl/N-ethyl adjacent to an activating group) is 1. The van der Waals surface area contributed by atoms with E-state index in [1.165, 1.54) is 29.6 Å². The van der Waals surface area contributed by atoms with Crippen molar-refractivity contribution in [1.29, 1.82) is 0 Å². The zero-order valence-electron chi connectivity index (χ0n) is 18.8. The number of imide groups is 1. The van der Waals surface area contributed by atoms with E-state index in [4.69, 9.17) is 16.8 Å². The van der Waals surface area contributed by atoms with Gasteiger partial charge >= 0.3 is 6.03 Å². The summed E-state index contributed by atoms with van der Waals surface area (Å²) >= 11 is 5.89. The molecule has 182 valence electrons. The van der Waals surface area contributed by atoms with Crippen LogP contribution in [-0.2, 0) is 19.6 Å². The zero-order valence-corrected chi connectivity index (χ0v) is 20.4. The van der Waals surface area contributed by atoms with Gasteiger partial charge in [0.05, 0.1) is 4.90 Å². The van der Waals surface area contributed by atoms with Crippen molar-refractivity contribution in [2.24, 2.45) is 0 Å². The van der Waals surface area contributed by atoms with Crippen LogP contribution in [0.25, 0.3) is 11.1 Å². The molecule has 1 aliphatic rings. The highest BCUT2D eigenvalue weighted by Gasteiger charge is 2.49. The van der Waals surface area contributed by atoms with Crippen LogP contribution in [0.2, 0.25) is 5.02 Å². The van der Waals surface area contributed by atoms with Crippen molar-refractivity contribution < 1.29 is 28.0 Å². The normalized spacial score (nSPS) is 16.6. The molecule has 3 N–H and O–H groups in total. The standard InChI is InChI=1S/C22H25ClN4O6S/c1-22(2)20(29)27(21(30)26(22)3)13-12-18(19(28)24-31)25-34(32,33)17-10-6-15(7-11-17)14-4-8-16(23)9-5-14/h4-11,18,25,31H,12-13H2,1-3H3,(H,24,28). The largest absolute Gasteiger partial charge is 0.327 e. The van der Waals surface area contributed by atoms with Crippen LogP contribution in [0.4, 0.5) is 4.79 Å².